The first kappa shape index (κ1) is 7.57. The molecule has 0 saturated heterocycles. The van der Waals surface area contributed by atoms with E-state index in [9.17, 15) is 18.0 Å². The van der Waals surface area contributed by atoms with Gasteiger partial charge in [-0.1, -0.05) is 0 Å². The smallest absolute Gasteiger partial charge is 0.299 e. The van der Waals surface area contributed by atoms with Crippen LogP contribution in [0.5, 0.6) is 0 Å². The van der Waals surface area contributed by atoms with E-state index >= 15 is 0 Å². The van der Waals surface area contributed by atoms with Crippen LogP contribution in [0.15, 0.2) is 0 Å². The zero-order valence-corrected chi connectivity index (χ0v) is 5.24. The maximum absolute atomic E-state index is 11.8. The Kier molecular flexibility index (Phi) is 1.70. The van der Waals surface area contributed by atoms with Crippen molar-refractivity contribution >= 4 is 5.78 Å². The first-order valence-electron chi connectivity index (χ1n) is 3.11. The van der Waals surface area contributed by atoms with Crippen LogP contribution >= 0.6 is 0 Å². The van der Waals surface area contributed by atoms with Gasteiger partial charge in [-0.15, -0.1) is 0 Å². The highest BCUT2D eigenvalue weighted by Gasteiger charge is 2.46. The Morgan fingerprint density at radius 2 is 2.00 bits per heavy atom. The molecular weight excluding hydrogens is 145 g/mol. The largest absolute Gasteiger partial charge is 0.398 e. The molecule has 0 unspecified atom stereocenters. The van der Waals surface area contributed by atoms with Crippen molar-refractivity contribution in [3.8, 4) is 0 Å². The molecule has 0 bridgehead atoms. The summed E-state index contributed by atoms with van der Waals surface area (Å²) in [4.78, 5) is 10.5. The number of ketones is 1. The molecule has 58 valence electrons. The van der Waals surface area contributed by atoms with E-state index in [4.69, 9.17) is 0 Å². The van der Waals surface area contributed by atoms with E-state index in [1.54, 1.807) is 0 Å². The first-order chi connectivity index (χ1) is 4.52. The Morgan fingerprint density at radius 3 is 2.20 bits per heavy atom. The minimum atomic E-state index is -4.30. The zero-order chi connectivity index (χ0) is 7.78. The number of hydrogen-bond acceptors (Lipinski definition) is 1. The summed E-state index contributed by atoms with van der Waals surface area (Å²) in [5, 5.41) is 0. The number of alkyl halides is 3. The molecule has 0 N–H and O–H groups in total. The van der Waals surface area contributed by atoms with Crippen molar-refractivity contribution in [2.75, 3.05) is 0 Å². The highest BCUT2D eigenvalue weighted by Crippen LogP contribution is 2.36. The van der Waals surface area contributed by atoms with Crippen LogP contribution in [0.4, 0.5) is 13.2 Å². The van der Waals surface area contributed by atoms with Gasteiger partial charge in [0.15, 0.2) is 0 Å². The number of Topliss-reactive ketones (excluding diaryl/α,β-unsaturated/α-hetero) is 1. The van der Waals surface area contributed by atoms with Gasteiger partial charge in [-0.25, -0.2) is 0 Å². The molecule has 4 heteroatoms. The van der Waals surface area contributed by atoms with Crippen LogP contribution in [-0.2, 0) is 4.79 Å². The number of carbonyl (C=O) groups is 1. The van der Waals surface area contributed by atoms with Crippen LogP contribution in [0.25, 0.3) is 0 Å². The molecule has 1 saturated carbocycles. The third-order valence-corrected chi connectivity index (χ3v) is 1.70. The van der Waals surface area contributed by atoms with Crippen molar-refractivity contribution in [3.63, 3.8) is 0 Å². The highest BCUT2D eigenvalue weighted by molar-refractivity contribution is 5.83. The highest BCUT2D eigenvalue weighted by atomic mass is 19.4. The Hall–Kier alpha value is -0.540. The molecule has 1 aliphatic rings. The molecule has 1 rings (SSSR count). The van der Waals surface area contributed by atoms with E-state index in [-0.39, 0.29) is 12.8 Å². The maximum atomic E-state index is 11.8. The van der Waals surface area contributed by atoms with Crippen LogP contribution in [-0.4, -0.2) is 12.0 Å². The summed E-state index contributed by atoms with van der Waals surface area (Å²) in [5.74, 6) is -2.31. The van der Waals surface area contributed by atoms with E-state index < -0.39 is 17.9 Å². The second-order valence-electron chi connectivity index (χ2n) is 2.45. The molecule has 0 aromatic carbocycles. The lowest BCUT2D eigenvalue weighted by Crippen LogP contribution is -2.25. The number of hydrogen-bond donors (Lipinski definition) is 0. The number of halogens is 3. The monoisotopic (exact) mass is 152 g/mol. The molecule has 1 nitrogen and oxygen atoms in total. The molecule has 1 atom stereocenters. The van der Waals surface area contributed by atoms with Gasteiger partial charge in [-0.3, -0.25) is 4.79 Å². The lowest BCUT2D eigenvalue weighted by Gasteiger charge is -2.11. The topological polar surface area (TPSA) is 17.1 Å². The van der Waals surface area contributed by atoms with Crippen molar-refractivity contribution in [3.05, 3.63) is 0 Å². The van der Waals surface area contributed by atoms with Crippen molar-refractivity contribution in [1.29, 1.82) is 0 Å². The summed E-state index contributed by atoms with van der Waals surface area (Å²) in [6.07, 6.45) is -3.82. The van der Waals surface area contributed by atoms with Crippen LogP contribution < -0.4 is 0 Å². The predicted molar refractivity (Wildman–Crippen MR) is 28.4 cm³/mol. The van der Waals surface area contributed by atoms with Crippen molar-refractivity contribution < 1.29 is 18.0 Å². The molecule has 0 radical (unpaired) electrons. The Bertz CT molecular complexity index is 150. The molecule has 0 aromatic rings. The van der Waals surface area contributed by atoms with Gasteiger partial charge in [0.25, 0.3) is 0 Å². The molecule has 0 spiro atoms. The Balaban J connectivity index is 2.64. The van der Waals surface area contributed by atoms with Crippen LogP contribution in [0.3, 0.4) is 0 Å². The predicted octanol–water partition coefficient (Wildman–Crippen LogP) is 1.92. The van der Waals surface area contributed by atoms with E-state index in [1.165, 1.54) is 0 Å². The molecular formula is C6H7F3O. The molecule has 0 aliphatic heterocycles. The average molecular weight is 152 g/mol. The summed E-state index contributed by atoms with van der Waals surface area (Å²) in [5.41, 5.74) is 0. The fourth-order valence-electron chi connectivity index (χ4n) is 1.16. The Labute approximate surface area is 56.2 Å². The lowest BCUT2D eigenvalue weighted by atomic mass is 10.1. The fourth-order valence-corrected chi connectivity index (χ4v) is 1.16. The van der Waals surface area contributed by atoms with Crippen molar-refractivity contribution in [2.24, 2.45) is 5.92 Å². The standard InChI is InChI=1S/C6H7F3O/c7-6(8,9)4-2-1-3-5(4)10/h4H,1-3H2/t4-/m0/s1. The second kappa shape index (κ2) is 2.25. The van der Waals surface area contributed by atoms with Gasteiger partial charge >= 0.3 is 6.18 Å². The summed E-state index contributed by atoms with van der Waals surface area (Å²) >= 11 is 0. The van der Waals surface area contributed by atoms with Gasteiger partial charge < -0.3 is 0 Å². The first-order valence-corrected chi connectivity index (χ1v) is 3.11. The van der Waals surface area contributed by atoms with Crippen LogP contribution in [0.1, 0.15) is 19.3 Å². The molecule has 1 aliphatic carbocycles. The van der Waals surface area contributed by atoms with Crippen LogP contribution in [0, 0.1) is 5.92 Å². The Morgan fingerprint density at radius 1 is 1.40 bits per heavy atom. The average Bonchev–Trinajstić information content (AvgIpc) is 2.11. The minimum absolute atomic E-state index is 0.0116. The van der Waals surface area contributed by atoms with Gasteiger partial charge in [0.1, 0.15) is 11.7 Å². The van der Waals surface area contributed by atoms with E-state index in [2.05, 4.69) is 0 Å². The van der Waals surface area contributed by atoms with Crippen molar-refractivity contribution in [1.82, 2.24) is 0 Å². The normalized spacial score (nSPS) is 27.5. The SMILES string of the molecule is O=C1CCC[C@@H]1C(F)(F)F. The molecule has 0 aromatic heterocycles. The van der Waals surface area contributed by atoms with E-state index in [0.29, 0.717) is 6.42 Å². The summed E-state index contributed by atoms with van der Waals surface area (Å²) in [6, 6.07) is 0. The molecule has 1 fully saturated rings. The molecule has 0 amide bonds. The minimum Gasteiger partial charge on any atom is -0.299 e. The second-order valence-corrected chi connectivity index (χ2v) is 2.45. The fraction of sp³-hybridized carbons (Fsp3) is 0.833. The summed E-state index contributed by atoms with van der Waals surface area (Å²) in [7, 11) is 0. The van der Waals surface area contributed by atoms with Crippen molar-refractivity contribution in [2.45, 2.75) is 25.4 Å². The maximum Gasteiger partial charge on any atom is 0.398 e. The third kappa shape index (κ3) is 1.30. The van der Waals surface area contributed by atoms with Gasteiger partial charge in [0.2, 0.25) is 0 Å². The van der Waals surface area contributed by atoms with Gasteiger partial charge in [0, 0.05) is 6.42 Å². The lowest BCUT2D eigenvalue weighted by molar-refractivity contribution is -0.177. The van der Waals surface area contributed by atoms with Gasteiger partial charge in [-0.05, 0) is 12.8 Å². The van der Waals surface area contributed by atoms with E-state index in [0.717, 1.165) is 0 Å². The number of carbonyl (C=O) groups excluding carboxylic acids is 1. The van der Waals surface area contributed by atoms with Gasteiger partial charge in [0.05, 0.1) is 0 Å². The van der Waals surface area contributed by atoms with E-state index in [1.807, 2.05) is 0 Å². The molecule has 0 heterocycles. The molecule has 10 heavy (non-hydrogen) atoms. The summed E-state index contributed by atoms with van der Waals surface area (Å²) < 4.78 is 35.4. The van der Waals surface area contributed by atoms with Gasteiger partial charge in [-0.2, -0.15) is 13.2 Å². The zero-order valence-electron chi connectivity index (χ0n) is 5.24. The van der Waals surface area contributed by atoms with Crippen LogP contribution in [0.2, 0.25) is 0 Å². The number of rotatable bonds is 0. The quantitative estimate of drug-likeness (QED) is 0.518. The third-order valence-electron chi connectivity index (χ3n) is 1.70. The summed E-state index contributed by atoms with van der Waals surface area (Å²) in [6.45, 7) is 0.